The highest BCUT2D eigenvalue weighted by atomic mass is 14.9. The zero-order chi connectivity index (χ0) is 15.6. The van der Waals surface area contributed by atoms with Gasteiger partial charge in [-0.05, 0) is 41.2 Å². The molecule has 0 saturated carbocycles. The highest BCUT2D eigenvalue weighted by Crippen LogP contribution is 2.26. The Hall–Kier alpha value is -1.41. The lowest BCUT2D eigenvalue weighted by molar-refractivity contribution is 0.590. The first-order chi connectivity index (χ1) is 9.88. The Balaban J connectivity index is 2.55. The van der Waals surface area contributed by atoms with Crippen LogP contribution in [0.4, 0.5) is 0 Å². The molecule has 114 valence electrons. The molecule has 1 heterocycles. The van der Waals surface area contributed by atoms with Crippen molar-refractivity contribution in [2.75, 3.05) is 0 Å². The molecule has 0 amide bonds. The molecule has 1 aromatic carbocycles. The second-order valence-corrected chi connectivity index (χ2v) is 6.83. The van der Waals surface area contributed by atoms with E-state index < -0.39 is 0 Å². The number of pyridine rings is 1. The number of rotatable bonds is 5. The Morgan fingerprint density at radius 3 is 2.24 bits per heavy atom. The third-order valence-electron chi connectivity index (χ3n) is 3.90. The molecule has 0 aliphatic rings. The summed E-state index contributed by atoms with van der Waals surface area (Å²) in [5.41, 5.74) is 5.04. The minimum atomic E-state index is 0.456. The lowest BCUT2D eigenvalue weighted by Crippen LogP contribution is -2.22. The summed E-state index contributed by atoms with van der Waals surface area (Å²) in [6.45, 7) is 14.2. The fourth-order valence-electron chi connectivity index (χ4n) is 2.45. The maximum atomic E-state index is 4.84. The van der Waals surface area contributed by atoms with E-state index in [4.69, 9.17) is 4.98 Å². The van der Waals surface area contributed by atoms with Gasteiger partial charge in [0.15, 0.2) is 0 Å². The summed E-state index contributed by atoms with van der Waals surface area (Å²) in [4.78, 5) is 4.84. The molecule has 0 fully saturated rings. The second-order valence-electron chi connectivity index (χ2n) is 6.83. The largest absolute Gasteiger partial charge is 0.310 e. The molecule has 2 rings (SSSR count). The van der Waals surface area contributed by atoms with Crippen LogP contribution < -0.4 is 5.32 Å². The maximum Gasteiger partial charge on any atom is 0.0708 e. The van der Waals surface area contributed by atoms with E-state index in [0.29, 0.717) is 17.9 Å². The summed E-state index contributed by atoms with van der Waals surface area (Å²) in [5.74, 6) is 1.00. The zero-order valence-electron chi connectivity index (χ0n) is 14.2. The van der Waals surface area contributed by atoms with Gasteiger partial charge in [-0.1, -0.05) is 47.6 Å². The number of nitrogens with one attached hydrogen (secondary N) is 1. The van der Waals surface area contributed by atoms with Crippen LogP contribution in [-0.2, 0) is 6.54 Å². The van der Waals surface area contributed by atoms with Crippen LogP contribution in [0, 0.1) is 0 Å². The molecule has 0 saturated heterocycles. The Kier molecular flexibility index (Phi) is 5.00. The molecule has 0 aliphatic heterocycles. The molecule has 0 radical (unpaired) electrons. The van der Waals surface area contributed by atoms with Crippen LogP contribution in [-0.4, -0.2) is 11.0 Å². The van der Waals surface area contributed by atoms with Crippen molar-refractivity contribution < 1.29 is 0 Å². The van der Waals surface area contributed by atoms with Gasteiger partial charge in [0, 0.05) is 23.7 Å². The fourth-order valence-corrected chi connectivity index (χ4v) is 2.45. The van der Waals surface area contributed by atoms with E-state index in [0.717, 1.165) is 12.1 Å². The molecular formula is C19H28N2. The lowest BCUT2D eigenvalue weighted by Gasteiger charge is -2.15. The minimum absolute atomic E-state index is 0.456. The van der Waals surface area contributed by atoms with Crippen LogP contribution in [0.3, 0.4) is 0 Å². The van der Waals surface area contributed by atoms with Gasteiger partial charge >= 0.3 is 0 Å². The third-order valence-corrected chi connectivity index (χ3v) is 3.90. The molecule has 0 bridgehead atoms. The normalized spacial score (nSPS) is 12.0. The fraction of sp³-hybridized carbons (Fsp3) is 0.526. The van der Waals surface area contributed by atoms with E-state index in [-0.39, 0.29) is 0 Å². The van der Waals surface area contributed by atoms with Crippen LogP contribution in [0.15, 0.2) is 24.3 Å². The van der Waals surface area contributed by atoms with Crippen molar-refractivity contribution >= 4 is 10.9 Å². The van der Waals surface area contributed by atoms with Crippen LogP contribution in [0.1, 0.15) is 70.2 Å². The first kappa shape index (κ1) is 16.0. The first-order valence-electron chi connectivity index (χ1n) is 8.05. The molecule has 2 nitrogen and oxygen atoms in total. The van der Waals surface area contributed by atoms with Crippen molar-refractivity contribution in [3.8, 4) is 0 Å². The van der Waals surface area contributed by atoms with Crippen molar-refractivity contribution in [2.24, 2.45) is 0 Å². The van der Waals surface area contributed by atoms with Crippen LogP contribution in [0.25, 0.3) is 10.9 Å². The van der Waals surface area contributed by atoms with Gasteiger partial charge in [0.2, 0.25) is 0 Å². The molecule has 0 atom stereocenters. The smallest absolute Gasteiger partial charge is 0.0708 e. The molecule has 1 aromatic heterocycles. The van der Waals surface area contributed by atoms with Gasteiger partial charge in [-0.3, -0.25) is 4.98 Å². The quantitative estimate of drug-likeness (QED) is 0.837. The average Bonchev–Trinajstić information content (AvgIpc) is 2.43. The molecule has 0 unspecified atom stereocenters. The van der Waals surface area contributed by atoms with Crippen molar-refractivity contribution in [1.29, 1.82) is 0 Å². The predicted molar refractivity (Wildman–Crippen MR) is 91.9 cm³/mol. The molecule has 1 N–H and O–H groups in total. The average molecular weight is 284 g/mol. The van der Waals surface area contributed by atoms with Crippen molar-refractivity contribution in [3.63, 3.8) is 0 Å². The van der Waals surface area contributed by atoms with E-state index in [1.165, 1.54) is 22.2 Å². The number of hydrogen-bond acceptors (Lipinski definition) is 2. The van der Waals surface area contributed by atoms with Crippen molar-refractivity contribution in [2.45, 2.75) is 66.0 Å². The molecule has 0 aliphatic carbocycles. The summed E-state index contributed by atoms with van der Waals surface area (Å²) < 4.78 is 0. The molecule has 21 heavy (non-hydrogen) atoms. The Bertz CT molecular complexity index is 612. The van der Waals surface area contributed by atoms with E-state index in [2.05, 4.69) is 71.1 Å². The van der Waals surface area contributed by atoms with Crippen LogP contribution >= 0.6 is 0 Å². The maximum absolute atomic E-state index is 4.84. The Morgan fingerprint density at radius 2 is 1.67 bits per heavy atom. The topological polar surface area (TPSA) is 24.9 Å². The zero-order valence-corrected chi connectivity index (χ0v) is 14.2. The highest BCUT2D eigenvalue weighted by molar-refractivity contribution is 5.83. The van der Waals surface area contributed by atoms with E-state index >= 15 is 0 Å². The van der Waals surface area contributed by atoms with Crippen molar-refractivity contribution in [1.82, 2.24) is 10.3 Å². The second kappa shape index (κ2) is 6.57. The summed E-state index contributed by atoms with van der Waals surface area (Å²) in [6, 6.07) is 9.46. The summed E-state index contributed by atoms with van der Waals surface area (Å²) in [6.07, 6.45) is 0. The van der Waals surface area contributed by atoms with Gasteiger partial charge in [-0.25, -0.2) is 0 Å². The molecule has 0 spiro atoms. The highest BCUT2D eigenvalue weighted by Gasteiger charge is 2.10. The van der Waals surface area contributed by atoms with E-state index in [9.17, 15) is 0 Å². The lowest BCUT2D eigenvalue weighted by atomic mass is 9.97. The summed E-state index contributed by atoms with van der Waals surface area (Å²) in [5, 5.41) is 4.83. The van der Waals surface area contributed by atoms with Gasteiger partial charge in [-0.15, -0.1) is 0 Å². The van der Waals surface area contributed by atoms with Crippen molar-refractivity contribution in [3.05, 3.63) is 41.1 Å². The standard InChI is InChI=1S/C19H28N2/c1-12(2)15-7-8-18-17(9-15)16(11-20-14(5)6)10-19(21-18)13(3)4/h7-10,12-14,20H,11H2,1-6H3. The van der Waals surface area contributed by atoms with Crippen LogP contribution in [0.5, 0.6) is 0 Å². The first-order valence-corrected chi connectivity index (χ1v) is 8.05. The summed E-state index contributed by atoms with van der Waals surface area (Å²) >= 11 is 0. The van der Waals surface area contributed by atoms with Gasteiger partial charge in [-0.2, -0.15) is 0 Å². The van der Waals surface area contributed by atoms with E-state index in [1.807, 2.05) is 0 Å². The van der Waals surface area contributed by atoms with Gasteiger partial charge < -0.3 is 5.32 Å². The number of nitrogens with zero attached hydrogens (tertiary/aromatic N) is 1. The molecule has 2 heteroatoms. The number of hydrogen-bond donors (Lipinski definition) is 1. The third kappa shape index (κ3) is 3.82. The Labute approximate surface area is 129 Å². The molecular weight excluding hydrogens is 256 g/mol. The van der Waals surface area contributed by atoms with Gasteiger partial charge in [0.1, 0.15) is 0 Å². The number of fused-ring (bicyclic) bond motifs is 1. The van der Waals surface area contributed by atoms with Gasteiger partial charge in [0.25, 0.3) is 0 Å². The minimum Gasteiger partial charge on any atom is -0.310 e. The predicted octanol–water partition coefficient (Wildman–Crippen LogP) is 4.98. The van der Waals surface area contributed by atoms with Gasteiger partial charge in [0.05, 0.1) is 5.52 Å². The van der Waals surface area contributed by atoms with E-state index in [1.54, 1.807) is 0 Å². The Morgan fingerprint density at radius 1 is 0.952 bits per heavy atom. The number of aromatic nitrogens is 1. The molecule has 2 aromatic rings. The number of benzene rings is 1. The monoisotopic (exact) mass is 284 g/mol. The van der Waals surface area contributed by atoms with Crippen LogP contribution in [0.2, 0.25) is 0 Å². The summed E-state index contributed by atoms with van der Waals surface area (Å²) in [7, 11) is 0. The SMILES string of the molecule is CC(C)NCc1cc(C(C)C)nc2ccc(C(C)C)cc12.